The molecule has 0 radical (unpaired) electrons. The normalized spacial score (nSPS) is 19.5. The lowest BCUT2D eigenvalue weighted by atomic mass is 10.1. The third kappa shape index (κ3) is 3.42. The second-order valence-electron chi connectivity index (χ2n) is 4.79. The standard InChI is InChI=1S/C14H20N2OS/c1-10-5-6-13(15)12(8-10)14(17)16-9-11-4-2-3-7-18-11/h5-6,8,11H,2-4,7,9,15H2,1H3,(H,16,17). The van der Waals surface area contributed by atoms with Gasteiger partial charge in [0.1, 0.15) is 0 Å². The molecule has 1 aliphatic heterocycles. The minimum absolute atomic E-state index is 0.0534. The van der Waals surface area contributed by atoms with Crippen LogP contribution in [0.2, 0.25) is 0 Å². The quantitative estimate of drug-likeness (QED) is 0.825. The van der Waals surface area contributed by atoms with Crippen molar-refractivity contribution < 1.29 is 4.79 Å². The molecule has 98 valence electrons. The largest absolute Gasteiger partial charge is 0.398 e. The number of thioether (sulfide) groups is 1. The summed E-state index contributed by atoms with van der Waals surface area (Å²) >= 11 is 1.96. The van der Waals surface area contributed by atoms with E-state index in [0.717, 1.165) is 12.1 Å². The monoisotopic (exact) mass is 264 g/mol. The van der Waals surface area contributed by atoms with Crippen molar-refractivity contribution in [2.45, 2.75) is 31.4 Å². The summed E-state index contributed by atoms with van der Waals surface area (Å²) in [4.78, 5) is 12.1. The molecule has 0 spiro atoms. The zero-order chi connectivity index (χ0) is 13.0. The third-order valence-electron chi connectivity index (χ3n) is 3.22. The molecule has 1 aromatic rings. The van der Waals surface area contributed by atoms with Crippen LogP contribution in [0.15, 0.2) is 18.2 Å². The molecule has 3 nitrogen and oxygen atoms in total. The molecule has 4 heteroatoms. The van der Waals surface area contributed by atoms with Crippen LogP contribution < -0.4 is 11.1 Å². The number of hydrogen-bond donors (Lipinski definition) is 2. The average molecular weight is 264 g/mol. The minimum Gasteiger partial charge on any atom is -0.398 e. The molecular formula is C14H20N2OS. The Hall–Kier alpha value is -1.16. The molecule has 1 saturated heterocycles. The molecule has 1 aromatic carbocycles. The molecule has 1 atom stereocenters. The first-order valence-corrected chi connectivity index (χ1v) is 7.47. The van der Waals surface area contributed by atoms with Gasteiger partial charge in [-0.15, -0.1) is 0 Å². The number of rotatable bonds is 3. The van der Waals surface area contributed by atoms with Crippen LogP contribution >= 0.6 is 11.8 Å². The maximum absolute atomic E-state index is 12.1. The number of carbonyl (C=O) groups excluding carboxylic acids is 1. The van der Waals surface area contributed by atoms with Gasteiger partial charge in [-0.1, -0.05) is 18.1 Å². The molecule has 3 N–H and O–H groups in total. The Balaban J connectivity index is 1.92. The Morgan fingerprint density at radius 3 is 3.06 bits per heavy atom. The number of nitrogens with two attached hydrogens (primary N) is 1. The molecule has 1 aliphatic rings. The fraction of sp³-hybridized carbons (Fsp3) is 0.500. The van der Waals surface area contributed by atoms with Crippen LogP contribution in [0.1, 0.15) is 35.2 Å². The second kappa shape index (κ2) is 6.14. The molecule has 0 aromatic heterocycles. The van der Waals surface area contributed by atoms with Crippen LogP contribution in [-0.2, 0) is 0 Å². The van der Waals surface area contributed by atoms with Gasteiger partial charge in [0.2, 0.25) is 0 Å². The summed E-state index contributed by atoms with van der Waals surface area (Å²) in [5.74, 6) is 1.16. The summed E-state index contributed by atoms with van der Waals surface area (Å²) in [6.45, 7) is 2.71. The Labute approximate surface area is 113 Å². The van der Waals surface area contributed by atoms with Crippen molar-refractivity contribution in [2.75, 3.05) is 18.0 Å². The number of nitrogen functional groups attached to an aromatic ring is 1. The lowest BCUT2D eigenvalue weighted by Gasteiger charge is -2.21. The van der Waals surface area contributed by atoms with Crippen molar-refractivity contribution in [3.8, 4) is 0 Å². The summed E-state index contributed by atoms with van der Waals surface area (Å²) in [5.41, 5.74) is 8.03. The molecule has 0 bridgehead atoms. The van der Waals surface area contributed by atoms with Gasteiger partial charge in [0.25, 0.3) is 5.91 Å². The van der Waals surface area contributed by atoms with Crippen molar-refractivity contribution in [2.24, 2.45) is 0 Å². The zero-order valence-electron chi connectivity index (χ0n) is 10.7. The Bertz CT molecular complexity index is 428. The van der Waals surface area contributed by atoms with Crippen LogP contribution in [0.5, 0.6) is 0 Å². The molecule has 1 amide bonds. The van der Waals surface area contributed by atoms with Crippen molar-refractivity contribution >= 4 is 23.4 Å². The van der Waals surface area contributed by atoms with E-state index in [1.165, 1.54) is 25.0 Å². The van der Waals surface area contributed by atoms with Gasteiger partial charge >= 0.3 is 0 Å². The minimum atomic E-state index is -0.0534. The Morgan fingerprint density at radius 1 is 1.50 bits per heavy atom. The first kappa shape index (κ1) is 13.3. The van der Waals surface area contributed by atoms with E-state index in [1.807, 2.05) is 30.8 Å². The molecule has 2 rings (SSSR count). The predicted molar refractivity (Wildman–Crippen MR) is 78.0 cm³/mol. The Morgan fingerprint density at radius 2 is 2.33 bits per heavy atom. The van der Waals surface area contributed by atoms with Crippen molar-refractivity contribution in [1.29, 1.82) is 0 Å². The van der Waals surface area contributed by atoms with E-state index < -0.39 is 0 Å². The Kier molecular flexibility index (Phi) is 4.53. The zero-order valence-corrected chi connectivity index (χ0v) is 11.6. The summed E-state index contributed by atoms with van der Waals surface area (Å²) in [6.07, 6.45) is 3.79. The number of anilines is 1. The fourth-order valence-corrected chi connectivity index (χ4v) is 3.38. The van der Waals surface area contributed by atoms with Crippen molar-refractivity contribution in [3.05, 3.63) is 29.3 Å². The maximum atomic E-state index is 12.1. The first-order valence-electron chi connectivity index (χ1n) is 6.43. The van der Waals surface area contributed by atoms with E-state index >= 15 is 0 Å². The van der Waals surface area contributed by atoms with Crippen LogP contribution in [-0.4, -0.2) is 23.5 Å². The topological polar surface area (TPSA) is 55.1 Å². The molecule has 0 saturated carbocycles. The molecule has 1 unspecified atom stereocenters. The number of amides is 1. The lowest BCUT2D eigenvalue weighted by molar-refractivity contribution is 0.0954. The summed E-state index contributed by atoms with van der Waals surface area (Å²) in [5, 5.41) is 3.56. The average Bonchev–Trinajstić information content (AvgIpc) is 2.40. The SMILES string of the molecule is Cc1ccc(N)c(C(=O)NCC2CCCCS2)c1. The summed E-state index contributed by atoms with van der Waals surface area (Å²) in [7, 11) is 0. The highest BCUT2D eigenvalue weighted by Crippen LogP contribution is 2.24. The summed E-state index contributed by atoms with van der Waals surface area (Å²) < 4.78 is 0. The number of benzene rings is 1. The third-order valence-corrected chi connectivity index (χ3v) is 4.62. The van der Waals surface area contributed by atoms with E-state index in [-0.39, 0.29) is 5.91 Å². The smallest absolute Gasteiger partial charge is 0.253 e. The van der Waals surface area contributed by atoms with Crippen LogP contribution in [0.4, 0.5) is 5.69 Å². The molecular weight excluding hydrogens is 244 g/mol. The number of aryl methyl sites for hydroxylation is 1. The van der Waals surface area contributed by atoms with Crippen LogP contribution in [0.25, 0.3) is 0 Å². The number of nitrogens with one attached hydrogen (secondary N) is 1. The van der Waals surface area contributed by atoms with Gasteiger partial charge in [-0.3, -0.25) is 4.79 Å². The van der Waals surface area contributed by atoms with Gasteiger partial charge in [0.05, 0.1) is 5.56 Å². The van der Waals surface area contributed by atoms with Gasteiger partial charge < -0.3 is 11.1 Å². The van der Waals surface area contributed by atoms with Crippen molar-refractivity contribution in [3.63, 3.8) is 0 Å². The van der Waals surface area contributed by atoms with E-state index in [9.17, 15) is 4.79 Å². The van der Waals surface area contributed by atoms with Crippen LogP contribution in [0, 0.1) is 6.92 Å². The number of carbonyl (C=O) groups is 1. The van der Waals surface area contributed by atoms with E-state index in [0.29, 0.717) is 16.5 Å². The van der Waals surface area contributed by atoms with Crippen LogP contribution in [0.3, 0.4) is 0 Å². The highest BCUT2D eigenvalue weighted by atomic mass is 32.2. The molecule has 1 fully saturated rings. The summed E-state index contributed by atoms with van der Waals surface area (Å²) in [6, 6.07) is 5.56. The van der Waals surface area contributed by atoms with Gasteiger partial charge in [-0.2, -0.15) is 11.8 Å². The highest BCUT2D eigenvalue weighted by Gasteiger charge is 2.16. The van der Waals surface area contributed by atoms with E-state index in [1.54, 1.807) is 6.07 Å². The molecule has 1 heterocycles. The van der Waals surface area contributed by atoms with Gasteiger partial charge in [0.15, 0.2) is 0 Å². The lowest BCUT2D eigenvalue weighted by Crippen LogP contribution is -2.32. The fourth-order valence-electron chi connectivity index (χ4n) is 2.14. The first-order chi connectivity index (χ1) is 8.66. The second-order valence-corrected chi connectivity index (χ2v) is 6.20. The van der Waals surface area contributed by atoms with Gasteiger partial charge in [-0.25, -0.2) is 0 Å². The van der Waals surface area contributed by atoms with Gasteiger partial charge in [0, 0.05) is 17.5 Å². The van der Waals surface area contributed by atoms with E-state index in [2.05, 4.69) is 5.32 Å². The molecule has 0 aliphatic carbocycles. The van der Waals surface area contributed by atoms with Gasteiger partial charge in [-0.05, 0) is 37.7 Å². The van der Waals surface area contributed by atoms with Crippen molar-refractivity contribution in [1.82, 2.24) is 5.32 Å². The highest BCUT2D eigenvalue weighted by molar-refractivity contribution is 7.99. The number of hydrogen-bond acceptors (Lipinski definition) is 3. The van der Waals surface area contributed by atoms with E-state index in [4.69, 9.17) is 5.73 Å². The maximum Gasteiger partial charge on any atom is 0.253 e. The molecule has 18 heavy (non-hydrogen) atoms. The predicted octanol–water partition coefficient (Wildman–Crippen LogP) is 2.59.